The summed E-state index contributed by atoms with van der Waals surface area (Å²) in [5.74, 6) is 0.729. The molecule has 26 heavy (non-hydrogen) atoms. The van der Waals surface area contributed by atoms with Crippen LogP contribution < -0.4 is 20.3 Å². The molecule has 6 nitrogen and oxygen atoms in total. The number of carbonyl (C=O) groups excluding carboxylic acids is 2. The Kier molecular flexibility index (Phi) is 7.49. The van der Waals surface area contributed by atoms with Crippen LogP contribution >= 0.6 is 0 Å². The zero-order chi connectivity index (χ0) is 18.8. The Balaban J connectivity index is 1.58. The molecule has 0 aliphatic carbocycles. The highest BCUT2D eigenvalue weighted by Crippen LogP contribution is 2.16. The van der Waals surface area contributed by atoms with Gasteiger partial charge in [-0.2, -0.15) is 0 Å². The van der Waals surface area contributed by atoms with E-state index in [1.54, 1.807) is 6.07 Å². The van der Waals surface area contributed by atoms with Crippen molar-refractivity contribution in [3.05, 3.63) is 59.7 Å². The van der Waals surface area contributed by atoms with Crippen LogP contribution in [0.5, 0.6) is 11.5 Å². The molecule has 0 radical (unpaired) electrons. The number of aryl methyl sites for hydroxylation is 2. The summed E-state index contributed by atoms with van der Waals surface area (Å²) >= 11 is 0. The zero-order valence-electron chi connectivity index (χ0n) is 15.1. The quantitative estimate of drug-likeness (QED) is 0.563. The summed E-state index contributed by atoms with van der Waals surface area (Å²) in [6.45, 7) is 4.18. The average molecular weight is 356 g/mol. The van der Waals surface area contributed by atoms with E-state index in [1.165, 1.54) is 0 Å². The number of hydrogen-bond donors (Lipinski definition) is 2. The molecule has 0 atom stereocenters. The first-order valence-corrected chi connectivity index (χ1v) is 8.50. The third kappa shape index (κ3) is 6.84. The highest BCUT2D eigenvalue weighted by molar-refractivity contribution is 5.82. The van der Waals surface area contributed by atoms with Crippen molar-refractivity contribution in [2.24, 2.45) is 0 Å². The molecule has 2 N–H and O–H groups in total. The Morgan fingerprint density at radius 3 is 2.46 bits per heavy atom. The SMILES string of the molecule is Cc1cccc(OCC(=O)NNC(=O)CCCOc2ccccc2C)c1. The number of nitrogens with one attached hydrogen (secondary N) is 2. The maximum absolute atomic E-state index is 11.7. The smallest absolute Gasteiger partial charge is 0.276 e. The molecular weight excluding hydrogens is 332 g/mol. The minimum atomic E-state index is -0.420. The summed E-state index contributed by atoms with van der Waals surface area (Å²) in [5, 5.41) is 0. The molecule has 0 saturated carbocycles. The van der Waals surface area contributed by atoms with Gasteiger partial charge in [-0.25, -0.2) is 0 Å². The zero-order valence-corrected chi connectivity index (χ0v) is 15.1. The van der Waals surface area contributed by atoms with Crippen molar-refractivity contribution in [3.8, 4) is 11.5 Å². The largest absolute Gasteiger partial charge is 0.493 e. The van der Waals surface area contributed by atoms with Gasteiger partial charge in [0, 0.05) is 6.42 Å². The van der Waals surface area contributed by atoms with E-state index in [-0.39, 0.29) is 18.9 Å². The van der Waals surface area contributed by atoms with Gasteiger partial charge in [0.2, 0.25) is 5.91 Å². The molecule has 0 heterocycles. The van der Waals surface area contributed by atoms with Crippen molar-refractivity contribution in [1.29, 1.82) is 0 Å². The molecular formula is C20H24N2O4. The Morgan fingerprint density at radius 1 is 0.923 bits per heavy atom. The summed E-state index contributed by atoms with van der Waals surface area (Å²) in [4.78, 5) is 23.4. The summed E-state index contributed by atoms with van der Waals surface area (Å²) in [7, 11) is 0. The number of amides is 2. The minimum absolute atomic E-state index is 0.167. The van der Waals surface area contributed by atoms with Crippen LogP contribution in [0.1, 0.15) is 24.0 Å². The van der Waals surface area contributed by atoms with Gasteiger partial charge in [0.25, 0.3) is 5.91 Å². The van der Waals surface area contributed by atoms with Crippen molar-refractivity contribution in [2.75, 3.05) is 13.2 Å². The van der Waals surface area contributed by atoms with Gasteiger partial charge in [0.05, 0.1) is 6.61 Å². The molecule has 0 aromatic heterocycles. The molecule has 2 amide bonds. The average Bonchev–Trinajstić information content (AvgIpc) is 2.63. The van der Waals surface area contributed by atoms with Gasteiger partial charge in [0.1, 0.15) is 11.5 Å². The van der Waals surface area contributed by atoms with Crippen LogP contribution in [0.2, 0.25) is 0 Å². The first-order valence-electron chi connectivity index (χ1n) is 8.50. The summed E-state index contributed by atoms with van der Waals surface area (Å²) in [6.07, 6.45) is 0.806. The maximum Gasteiger partial charge on any atom is 0.276 e. The standard InChI is InChI=1S/C20H24N2O4/c1-15-7-5-9-17(13-15)26-14-20(24)22-21-19(23)11-6-12-25-18-10-4-3-8-16(18)2/h3-5,7-10,13H,6,11-12,14H2,1-2H3,(H,21,23)(H,22,24). The summed E-state index contributed by atoms with van der Waals surface area (Å²) in [5.41, 5.74) is 6.80. The number of para-hydroxylation sites is 1. The van der Waals surface area contributed by atoms with E-state index in [1.807, 2.05) is 56.3 Å². The van der Waals surface area contributed by atoms with Gasteiger partial charge in [-0.05, 0) is 49.6 Å². The van der Waals surface area contributed by atoms with Crippen LogP contribution in [0.3, 0.4) is 0 Å². The normalized spacial score (nSPS) is 10.1. The molecule has 0 bridgehead atoms. The number of ether oxygens (including phenoxy) is 2. The molecule has 0 unspecified atom stereocenters. The Morgan fingerprint density at radius 2 is 1.69 bits per heavy atom. The monoisotopic (exact) mass is 356 g/mol. The number of rotatable bonds is 8. The molecule has 138 valence electrons. The Hall–Kier alpha value is -3.02. The highest BCUT2D eigenvalue weighted by atomic mass is 16.5. The Bertz CT molecular complexity index is 746. The van der Waals surface area contributed by atoms with Crippen LogP contribution in [-0.4, -0.2) is 25.0 Å². The van der Waals surface area contributed by atoms with Gasteiger partial charge < -0.3 is 9.47 Å². The lowest BCUT2D eigenvalue weighted by atomic mass is 10.2. The predicted molar refractivity (Wildman–Crippen MR) is 98.9 cm³/mol. The van der Waals surface area contributed by atoms with Gasteiger partial charge in [-0.3, -0.25) is 20.4 Å². The van der Waals surface area contributed by atoms with Crippen molar-refractivity contribution < 1.29 is 19.1 Å². The van der Waals surface area contributed by atoms with Gasteiger partial charge in [0.15, 0.2) is 6.61 Å². The fraction of sp³-hybridized carbons (Fsp3) is 0.300. The van der Waals surface area contributed by atoms with E-state index in [4.69, 9.17) is 9.47 Å². The fourth-order valence-corrected chi connectivity index (χ4v) is 2.23. The van der Waals surface area contributed by atoms with Gasteiger partial charge >= 0.3 is 0 Å². The molecule has 0 aliphatic heterocycles. The number of hydrogen-bond acceptors (Lipinski definition) is 4. The number of carbonyl (C=O) groups is 2. The lowest BCUT2D eigenvalue weighted by molar-refractivity contribution is -0.130. The lowest BCUT2D eigenvalue weighted by Crippen LogP contribution is -2.43. The highest BCUT2D eigenvalue weighted by Gasteiger charge is 2.06. The topological polar surface area (TPSA) is 76.7 Å². The number of benzene rings is 2. The molecule has 6 heteroatoms. The van der Waals surface area contributed by atoms with Crippen molar-refractivity contribution >= 4 is 11.8 Å². The van der Waals surface area contributed by atoms with E-state index in [9.17, 15) is 9.59 Å². The first kappa shape index (κ1) is 19.3. The maximum atomic E-state index is 11.7. The molecule has 2 aromatic rings. The van der Waals surface area contributed by atoms with Crippen LogP contribution in [0, 0.1) is 13.8 Å². The van der Waals surface area contributed by atoms with Crippen LogP contribution in [0.4, 0.5) is 0 Å². The molecule has 0 fully saturated rings. The first-order chi connectivity index (χ1) is 12.5. The van der Waals surface area contributed by atoms with E-state index in [0.29, 0.717) is 18.8 Å². The van der Waals surface area contributed by atoms with E-state index >= 15 is 0 Å². The van der Waals surface area contributed by atoms with Crippen LogP contribution in [0.25, 0.3) is 0 Å². The molecule has 2 aromatic carbocycles. The van der Waals surface area contributed by atoms with Crippen molar-refractivity contribution in [2.45, 2.75) is 26.7 Å². The fourth-order valence-electron chi connectivity index (χ4n) is 2.23. The molecule has 0 aliphatic rings. The molecule has 0 spiro atoms. The second-order valence-corrected chi connectivity index (χ2v) is 5.92. The minimum Gasteiger partial charge on any atom is -0.493 e. The lowest BCUT2D eigenvalue weighted by Gasteiger charge is -2.10. The van der Waals surface area contributed by atoms with E-state index in [2.05, 4.69) is 10.9 Å². The van der Waals surface area contributed by atoms with Gasteiger partial charge in [-0.15, -0.1) is 0 Å². The third-order valence-corrected chi connectivity index (χ3v) is 3.60. The molecule has 2 rings (SSSR count). The van der Waals surface area contributed by atoms with E-state index in [0.717, 1.165) is 16.9 Å². The van der Waals surface area contributed by atoms with Gasteiger partial charge in [-0.1, -0.05) is 30.3 Å². The van der Waals surface area contributed by atoms with Crippen molar-refractivity contribution in [3.63, 3.8) is 0 Å². The Labute approximate surface area is 153 Å². The van der Waals surface area contributed by atoms with Crippen molar-refractivity contribution in [1.82, 2.24) is 10.9 Å². The predicted octanol–water partition coefficient (Wildman–Crippen LogP) is 2.69. The second kappa shape index (κ2) is 10.1. The number of hydrazine groups is 1. The summed E-state index contributed by atoms with van der Waals surface area (Å²) < 4.78 is 11.0. The summed E-state index contributed by atoms with van der Waals surface area (Å²) in [6, 6.07) is 15.1. The van der Waals surface area contributed by atoms with E-state index < -0.39 is 5.91 Å². The second-order valence-electron chi connectivity index (χ2n) is 5.92. The third-order valence-electron chi connectivity index (χ3n) is 3.60. The van der Waals surface area contributed by atoms with Crippen LogP contribution in [0.15, 0.2) is 48.5 Å². The molecule has 0 saturated heterocycles. The van der Waals surface area contributed by atoms with Crippen LogP contribution in [-0.2, 0) is 9.59 Å².